The fraction of sp³-hybridized carbons (Fsp3) is 0.357. The van der Waals surface area contributed by atoms with Crippen LogP contribution in [0.2, 0.25) is 0 Å². The zero-order valence-electron chi connectivity index (χ0n) is 9.99. The highest BCUT2D eigenvalue weighted by atomic mass is 16.3. The van der Waals surface area contributed by atoms with Crippen molar-refractivity contribution < 1.29 is 15.0 Å². The minimum absolute atomic E-state index is 0.137. The number of aliphatic hydroxyl groups is 2. The molecule has 0 heterocycles. The number of rotatable bonds is 3. The first-order valence-electron chi connectivity index (χ1n) is 6.05. The summed E-state index contributed by atoms with van der Waals surface area (Å²) in [5.41, 5.74) is 0.735. The standard InChI is InChI=1S/C14H17NO3/c16-12-8-10(13(17)9-12)6-7-14(18)15-11-4-2-1-3-5-11/h1-7,10,12-13,16-17H,8-9H2,(H,15,18)/b7-6+/t10-,12+,13+/m1/s1. The van der Waals surface area contributed by atoms with Crippen LogP contribution < -0.4 is 5.32 Å². The van der Waals surface area contributed by atoms with Crippen LogP contribution in [0.5, 0.6) is 0 Å². The van der Waals surface area contributed by atoms with Gasteiger partial charge in [0.15, 0.2) is 0 Å². The smallest absolute Gasteiger partial charge is 0.248 e. The Bertz CT molecular complexity index is 430. The zero-order chi connectivity index (χ0) is 13.0. The average Bonchev–Trinajstić information content (AvgIpc) is 2.66. The topological polar surface area (TPSA) is 69.6 Å². The molecule has 1 saturated carbocycles. The number of aliphatic hydroxyl groups excluding tert-OH is 2. The zero-order valence-corrected chi connectivity index (χ0v) is 9.99. The van der Waals surface area contributed by atoms with Crippen LogP contribution in [0, 0.1) is 5.92 Å². The third kappa shape index (κ3) is 3.42. The highest BCUT2D eigenvalue weighted by Crippen LogP contribution is 2.27. The van der Waals surface area contributed by atoms with E-state index in [-0.39, 0.29) is 11.8 Å². The Morgan fingerprint density at radius 3 is 2.56 bits per heavy atom. The molecule has 1 aliphatic carbocycles. The molecule has 1 fully saturated rings. The molecule has 3 atom stereocenters. The maximum atomic E-state index is 11.6. The molecule has 0 saturated heterocycles. The van der Waals surface area contributed by atoms with Gasteiger partial charge in [-0.3, -0.25) is 4.79 Å². The van der Waals surface area contributed by atoms with Crippen molar-refractivity contribution in [3.05, 3.63) is 42.5 Å². The normalized spacial score (nSPS) is 27.6. The number of benzene rings is 1. The van der Waals surface area contributed by atoms with Gasteiger partial charge in [-0.2, -0.15) is 0 Å². The Morgan fingerprint density at radius 1 is 1.22 bits per heavy atom. The van der Waals surface area contributed by atoms with Crippen LogP contribution in [0.1, 0.15) is 12.8 Å². The van der Waals surface area contributed by atoms with E-state index in [1.165, 1.54) is 6.08 Å². The second-order valence-corrected chi connectivity index (χ2v) is 4.57. The van der Waals surface area contributed by atoms with Crippen molar-refractivity contribution in [2.75, 3.05) is 5.32 Å². The van der Waals surface area contributed by atoms with Gasteiger partial charge in [0.05, 0.1) is 12.2 Å². The van der Waals surface area contributed by atoms with Crippen LogP contribution in [0.3, 0.4) is 0 Å². The van der Waals surface area contributed by atoms with E-state index in [0.717, 1.165) is 5.69 Å². The Hall–Kier alpha value is -1.65. The monoisotopic (exact) mass is 247 g/mol. The minimum Gasteiger partial charge on any atom is -0.393 e. The van der Waals surface area contributed by atoms with Gasteiger partial charge in [-0.15, -0.1) is 0 Å². The summed E-state index contributed by atoms with van der Waals surface area (Å²) >= 11 is 0. The fourth-order valence-corrected chi connectivity index (χ4v) is 2.14. The maximum absolute atomic E-state index is 11.6. The first-order valence-corrected chi connectivity index (χ1v) is 6.05. The van der Waals surface area contributed by atoms with Gasteiger partial charge in [0.2, 0.25) is 5.91 Å². The van der Waals surface area contributed by atoms with Gasteiger partial charge in [0.25, 0.3) is 0 Å². The van der Waals surface area contributed by atoms with E-state index in [0.29, 0.717) is 12.8 Å². The minimum atomic E-state index is -0.555. The summed E-state index contributed by atoms with van der Waals surface area (Å²) in [5.74, 6) is -0.365. The largest absolute Gasteiger partial charge is 0.393 e. The lowest BCUT2D eigenvalue weighted by Crippen LogP contribution is -2.12. The lowest BCUT2D eigenvalue weighted by atomic mass is 10.1. The molecule has 0 spiro atoms. The SMILES string of the molecule is O=C(/C=C/[C@@H]1C[C@H](O)C[C@@H]1O)Nc1ccccc1. The molecule has 0 aromatic heterocycles. The predicted octanol–water partition coefficient (Wildman–Crippen LogP) is 1.31. The van der Waals surface area contributed by atoms with E-state index in [9.17, 15) is 15.0 Å². The highest BCUT2D eigenvalue weighted by molar-refractivity contribution is 5.99. The van der Waals surface area contributed by atoms with E-state index in [4.69, 9.17) is 0 Å². The molecule has 4 heteroatoms. The molecule has 3 N–H and O–H groups in total. The third-order valence-electron chi connectivity index (χ3n) is 3.09. The number of hydrogen-bond acceptors (Lipinski definition) is 3. The summed E-state index contributed by atoms with van der Waals surface area (Å²) < 4.78 is 0. The first kappa shape index (κ1) is 12.8. The molecule has 1 aromatic carbocycles. The molecule has 0 aliphatic heterocycles. The number of amides is 1. The fourth-order valence-electron chi connectivity index (χ4n) is 2.14. The summed E-state index contributed by atoms with van der Waals surface area (Å²) in [6.45, 7) is 0. The van der Waals surface area contributed by atoms with Gasteiger partial charge in [0, 0.05) is 11.6 Å². The summed E-state index contributed by atoms with van der Waals surface area (Å²) in [4.78, 5) is 11.6. The average molecular weight is 247 g/mol. The molecule has 1 aliphatic rings. The van der Waals surface area contributed by atoms with Crippen molar-refractivity contribution in [1.82, 2.24) is 0 Å². The molecule has 0 radical (unpaired) electrons. The quantitative estimate of drug-likeness (QED) is 0.705. The Morgan fingerprint density at radius 2 is 1.94 bits per heavy atom. The van der Waals surface area contributed by atoms with Gasteiger partial charge in [-0.1, -0.05) is 24.3 Å². The lowest BCUT2D eigenvalue weighted by molar-refractivity contribution is -0.111. The van der Waals surface area contributed by atoms with Gasteiger partial charge >= 0.3 is 0 Å². The maximum Gasteiger partial charge on any atom is 0.248 e. The van der Waals surface area contributed by atoms with Gasteiger partial charge in [-0.25, -0.2) is 0 Å². The van der Waals surface area contributed by atoms with Crippen molar-refractivity contribution in [3.63, 3.8) is 0 Å². The second kappa shape index (κ2) is 5.80. The summed E-state index contributed by atoms with van der Waals surface area (Å²) in [6.07, 6.45) is 2.96. The van der Waals surface area contributed by atoms with Crippen molar-refractivity contribution in [2.45, 2.75) is 25.0 Å². The van der Waals surface area contributed by atoms with Crippen LogP contribution in [-0.2, 0) is 4.79 Å². The lowest BCUT2D eigenvalue weighted by Gasteiger charge is -2.07. The van der Waals surface area contributed by atoms with Crippen LogP contribution in [0.25, 0.3) is 0 Å². The molecular formula is C14H17NO3. The number of nitrogens with one attached hydrogen (secondary N) is 1. The Labute approximate surface area is 106 Å². The van der Waals surface area contributed by atoms with E-state index < -0.39 is 12.2 Å². The first-order chi connectivity index (χ1) is 8.65. The molecule has 4 nitrogen and oxygen atoms in total. The number of carbonyl (C=O) groups is 1. The third-order valence-corrected chi connectivity index (χ3v) is 3.09. The highest BCUT2D eigenvalue weighted by Gasteiger charge is 2.29. The van der Waals surface area contributed by atoms with Crippen LogP contribution in [0.15, 0.2) is 42.5 Å². The molecule has 0 bridgehead atoms. The van der Waals surface area contributed by atoms with Crippen LogP contribution in [0.4, 0.5) is 5.69 Å². The van der Waals surface area contributed by atoms with Gasteiger partial charge in [0.1, 0.15) is 0 Å². The van der Waals surface area contributed by atoms with Gasteiger partial charge in [-0.05, 0) is 31.1 Å². The number of carbonyl (C=O) groups excluding carboxylic acids is 1. The summed E-state index contributed by atoms with van der Waals surface area (Å²) in [7, 11) is 0. The Balaban J connectivity index is 1.88. The Kier molecular flexibility index (Phi) is 4.12. The molecule has 96 valence electrons. The molecule has 18 heavy (non-hydrogen) atoms. The van der Waals surface area contributed by atoms with E-state index in [1.54, 1.807) is 18.2 Å². The van der Waals surface area contributed by atoms with E-state index in [1.807, 2.05) is 18.2 Å². The molecule has 1 amide bonds. The molecule has 0 unspecified atom stereocenters. The summed E-state index contributed by atoms with van der Waals surface area (Å²) in [6, 6.07) is 9.18. The number of hydrogen-bond donors (Lipinski definition) is 3. The van der Waals surface area contributed by atoms with E-state index in [2.05, 4.69) is 5.32 Å². The van der Waals surface area contributed by atoms with Crippen molar-refractivity contribution in [1.29, 1.82) is 0 Å². The number of para-hydroxylation sites is 1. The second-order valence-electron chi connectivity index (χ2n) is 4.57. The predicted molar refractivity (Wildman–Crippen MR) is 68.9 cm³/mol. The van der Waals surface area contributed by atoms with Crippen LogP contribution >= 0.6 is 0 Å². The number of anilines is 1. The molecular weight excluding hydrogens is 230 g/mol. The van der Waals surface area contributed by atoms with E-state index >= 15 is 0 Å². The van der Waals surface area contributed by atoms with Crippen molar-refractivity contribution >= 4 is 11.6 Å². The van der Waals surface area contributed by atoms with Gasteiger partial charge < -0.3 is 15.5 Å². The van der Waals surface area contributed by atoms with Crippen molar-refractivity contribution in [2.24, 2.45) is 5.92 Å². The summed E-state index contributed by atoms with van der Waals surface area (Å²) in [5, 5.41) is 21.7. The van der Waals surface area contributed by atoms with Crippen LogP contribution in [-0.4, -0.2) is 28.3 Å². The molecule has 2 rings (SSSR count). The van der Waals surface area contributed by atoms with Crippen molar-refractivity contribution in [3.8, 4) is 0 Å². The molecule has 1 aromatic rings.